The summed E-state index contributed by atoms with van der Waals surface area (Å²) in [5.74, 6) is 2.30. The van der Waals surface area contributed by atoms with Gasteiger partial charge in [0.25, 0.3) is 11.7 Å². The lowest BCUT2D eigenvalue weighted by Gasteiger charge is -2.39. The molecule has 2 aromatic rings. The van der Waals surface area contributed by atoms with Gasteiger partial charge in [0.15, 0.2) is 17.3 Å². The van der Waals surface area contributed by atoms with Gasteiger partial charge >= 0.3 is 0 Å². The fourth-order valence-electron chi connectivity index (χ4n) is 7.33. The van der Waals surface area contributed by atoms with Crippen LogP contribution in [0.5, 0.6) is 11.5 Å². The number of furan rings is 1. The molecule has 0 saturated heterocycles. The van der Waals surface area contributed by atoms with Crippen LogP contribution in [-0.4, -0.2) is 60.5 Å². The average Bonchev–Trinajstić information content (AvgIpc) is 3.51. The van der Waals surface area contributed by atoms with Crippen LogP contribution in [0, 0.1) is 19.8 Å². The number of benzene rings is 1. The van der Waals surface area contributed by atoms with E-state index in [1.165, 1.54) is 0 Å². The molecule has 1 atom stereocenters. The molecule has 1 saturated carbocycles. The summed E-state index contributed by atoms with van der Waals surface area (Å²) >= 11 is 0. The molecule has 0 bridgehead atoms. The smallest absolute Gasteiger partial charge is 0.254 e. The van der Waals surface area contributed by atoms with Crippen LogP contribution in [0.25, 0.3) is 11.3 Å². The molecule has 1 fully saturated rings. The Labute approximate surface area is 243 Å². The number of ether oxygens (including phenoxy) is 2. The normalized spacial score (nSPS) is 26.1. The summed E-state index contributed by atoms with van der Waals surface area (Å²) in [6.45, 7) is 10.7. The summed E-state index contributed by atoms with van der Waals surface area (Å²) in [6, 6.07) is 4.48. The van der Waals surface area contributed by atoms with Crippen LogP contribution in [0.1, 0.15) is 80.1 Å². The number of carbonyl (C=O) groups excluding carboxylic acids is 2. The van der Waals surface area contributed by atoms with Gasteiger partial charge in [-0.3, -0.25) is 9.59 Å². The van der Waals surface area contributed by atoms with E-state index in [1.54, 1.807) is 0 Å². The van der Waals surface area contributed by atoms with E-state index < -0.39 is 5.79 Å². The third kappa shape index (κ3) is 4.72. The van der Waals surface area contributed by atoms with Crippen molar-refractivity contribution in [2.45, 2.75) is 85.0 Å². The first-order chi connectivity index (χ1) is 19.5. The Hall–Kier alpha value is -3.32. The van der Waals surface area contributed by atoms with E-state index >= 15 is 0 Å². The third-order valence-electron chi connectivity index (χ3n) is 9.71. The molecule has 218 valence electrons. The lowest BCUT2D eigenvalue weighted by molar-refractivity contribution is -0.123. The van der Waals surface area contributed by atoms with Gasteiger partial charge in [0.05, 0.1) is 11.1 Å². The average molecular weight is 559 g/mol. The van der Waals surface area contributed by atoms with Crippen LogP contribution in [-0.2, 0) is 11.2 Å². The van der Waals surface area contributed by atoms with Crippen LogP contribution in [0.4, 0.5) is 0 Å². The first-order valence-corrected chi connectivity index (χ1v) is 15.0. The Kier molecular flexibility index (Phi) is 6.92. The van der Waals surface area contributed by atoms with Gasteiger partial charge in [-0.2, -0.15) is 0 Å². The maximum Gasteiger partial charge on any atom is 0.254 e. The molecule has 2 aliphatic heterocycles. The van der Waals surface area contributed by atoms with Gasteiger partial charge in [-0.05, 0) is 97.2 Å². The van der Waals surface area contributed by atoms with Crippen molar-refractivity contribution in [2.24, 2.45) is 5.92 Å². The number of aryl methyl sites for hydroxylation is 1. The number of rotatable bonds is 5. The number of hydrogen-bond acceptors (Lipinski definition) is 6. The van der Waals surface area contributed by atoms with E-state index in [1.807, 2.05) is 44.7 Å². The van der Waals surface area contributed by atoms with Crippen molar-refractivity contribution in [2.75, 3.05) is 27.2 Å². The van der Waals surface area contributed by atoms with Gasteiger partial charge in [0.1, 0.15) is 11.5 Å². The second kappa shape index (κ2) is 10.2. The summed E-state index contributed by atoms with van der Waals surface area (Å²) in [6.07, 6.45) is 7.37. The summed E-state index contributed by atoms with van der Waals surface area (Å²) < 4.78 is 19.7. The molecule has 41 heavy (non-hydrogen) atoms. The van der Waals surface area contributed by atoms with Gasteiger partial charge in [-0.25, -0.2) is 0 Å². The van der Waals surface area contributed by atoms with Crippen molar-refractivity contribution in [1.29, 1.82) is 0 Å². The summed E-state index contributed by atoms with van der Waals surface area (Å²) in [5.41, 5.74) is 5.97. The maximum absolute atomic E-state index is 14.2. The molecule has 3 heterocycles. The summed E-state index contributed by atoms with van der Waals surface area (Å²) in [4.78, 5) is 31.2. The van der Waals surface area contributed by atoms with Crippen LogP contribution in [0.3, 0.4) is 0 Å². The van der Waals surface area contributed by atoms with Gasteiger partial charge < -0.3 is 23.7 Å². The largest absolute Gasteiger partial charge is 0.461 e. The number of amides is 1. The van der Waals surface area contributed by atoms with Crippen LogP contribution >= 0.6 is 0 Å². The first kappa shape index (κ1) is 27.8. The molecule has 0 N–H and O–H groups in total. The van der Waals surface area contributed by atoms with Crippen molar-refractivity contribution >= 4 is 11.7 Å². The highest BCUT2D eigenvalue weighted by atomic mass is 16.7. The Morgan fingerprint density at radius 2 is 1.68 bits per heavy atom. The zero-order valence-electron chi connectivity index (χ0n) is 25.5. The molecule has 6 rings (SSSR count). The fourth-order valence-corrected chi connectivity index (χ4v) is 7.33. The van der Waals surface area contributed by atoms with E-state index in [2.05, 4.69) is 32.0 Å². The van der Waals surface area contributed by atoms with Crippen molar-refractivity contribution in [3.63, 3.8) is 0 Å². The standard InChI is InChI=1S/C34H42N2O5/c1-19-16-20(2)26(27(37)17-19)18-36-15-14-25-29(33(36)38)22(4)31-32(30(25)28-13-8-21(3)39-28)41-34(5,40-31)23-9-11-24(12-10-23)35(6)7/h8,13,16,23-24H,9-12,14-15,17-18H2,1-7H3/t23?,24?,34-/m1/s1. The molecule has 1 amide bonds. The molecule has 0 spiro atoms. The van der Waals surface area contributed by atoms with Crippen molar-refractivity contribution in [3.8, 4) is 22.8 Å². The number of hydrogen-bond donors (Lipinski definition) is 0. The SMILES string of the molecule is CC1=CC(C)=C(CN2CCc3c(c(C)c4c(c3-c3ccc(C)o3)O[C@](C)(C3CCC(N(C)C)CC3)O4)C2=O)C(=O)C1. The number of allylic oxidation sites excluding steroid dienone is 3. The Morgan fingerprint density at radius 1 is 0.976 bits per heavy atom. The number of fused-ring (bicyclic) bond motifs is 2. The number of carbonyl (C=O) groups is 2. The zero-order chi connectivity index (χ0) is 29.2. The van der Waals surface area contributed by atoms with Crippen LogP contribution in [0.2, 0.25) is 0 Å². The zero-order valence-corrected chi connectivity index (χ0v) is 25.5. The number of Topliss-reactive ketones (excluding diaryl/α,β-unsaturated/α-hetero) is 1. The van der Waals surface area contributed by atoms with Gasteiger partial charge in [-0.15, -0.1) is 0 Å². The van der Waals surface area contributed by atoms with Gasteiger partial charge in [0.2, 0.25) is 0 Å². The van der Waals surface area contributed by atoms with E-state index in [-0.39, 0.29) is 17.6 Å². The van der Waals surface area contributed by atoms with E-state index in [0.29, 0.717) is 54.8 Å². The summed E-state index contributed by atoms with van der Waals surface area (Å²) in [5, 5.41) is 0. The lowest BCUT2D eigenvalue weighted by Crippen LogP contribution is -2.46. The van der Waals surface area contributed by atoms with Gasteiger partial charge in [-0.1, -0.05) is 11.6 Å². The second-order valence-electron chi connectivity index (χ2n) is 12.8. The minimum absolute atomic E-state index is 0.0702. The van der Waals surface area contributed by atoms with E-state index in [9.17, 15) is 9.59 Å². The monoisotopic (exact) mass is 558 g/mol. The molecule has 2 aliphatic carbocycles. The predicted octanol–water partition coefficient (Wildman–Crippen LogP) is 6.41. The Morgan fingerprint density at radius 3 is 2.32 bits per heavy atom. The Bertz CT molecular complexity index is 1490. The molecule has 4 aliphatic rings. The topological polar surface area (TPSA) is 72.2 Å². The molecular weight excluding hydrogens is 516 g/mol. The van der Waals surface area contributed by atoms with Crippen molar-refractivity contribution in [1.82, 2.24) is 9.80 Å². The van der Waals surface area contributed by atoms with E-state index in [4.69, 9.17) is 13.9 Å². The first-order valence-electron chi connectivity index (χ1n) is 15.0. The summed E-state index contributed by atoms with van der Waals surface area (Å²) in [7, 11) is 4.30. The third-order valence-corrected chi connectivity index (χ3v) is 9.71. The molecule has 7 heteroatoms. The molecule has 0 unspecified atom stereocenters. The highest BCUT2D eigenvalue weighted by molar-refractivity contribution is 6.04. The fraction of sp³-hybridized carbons (Fsp3) is 0.529. The molecule has 1 aromatic carbocycles. The lowest BCUT2D eigenvalue weighted by atomic mass is 9.81. The van der Waals surface area contributed by atoms with E-state index in [0.717, 1.165) is 64.9 Å². The highest BCUT2D eigenvalue weighted by Gasteiger charge is 2.49. The predicted molar refractivity (Wildman–Crippen MR) is 158 cm³/mol. The minimum Gasteiger partial charge on any atom is -0.461 e. The molecule has 0 radical (unpaired) electrons. The van der Waals surface area contributed by atoms with Crippen molar-refractivity contribution < 1.29 is 23.5 Å². The second-order valence-corrected chi connectivity index (χ2v) is 12.8. The highest BCUT2D eigenvalue weighted by Crippen LogP contribution is 2.55. The van der Waals surface area contributed by atoms with Crippen molar-refractivity contribution in [3.05, 3.63) is 57.4 Å². The van der Waals surface area contributed by atoms with Crippen LogP contribution < -0.4 is 9.47 Å². The quantitative estimate of drug-likeness (QED) is 0.423. The Balaban J connectivity index is 1.39. The maximum atomic E-state index is 14.2. The molecule has 1 aromatic heterocycles. The minimum atomic E-state index is -0.811. The number of nitrogens with zero attached hydrogens (tertiary/aromatic N) is 2. The number of ketones is 1. The molecule has 7 nitrogen and oxygen atoms in total. The van der Waals surface area contributed by atoms with Crippen LogP contribution in [0.15, 0.2) is 39.3 Å². The van der Waals surface area contributed by atoms with Gasteiger partial charge in [0, 0.05) is 49.5 Å². The molecular formula is C34H42N2O5.